The van der Waals surface area contributed by atoms with Crippen LogP contribution in [0.5, 0.6) is 0 Å². The number of nitrogens with two attached hydrogens (primary N) is 1. The predicted molar refractivity (Wildman–Crippen MR) is 78.0 cm³/mol. The van der Waals surface area contributed by atoms with Crippen LogP contribution in [0.1, 0.15) is 25.3 Å². The fourth-order valence-corrected chi connectivity index (χ4v) is 2.89. The average Bonchev–Trinajstić information content (AvgIpc) is 2.80. The van der Waals surface area contributed by atoms with Gasteiger partial charge in [0.05, 0.1) is 17.1 Å². The predicted octanol–water partition coefficient (Wildman–Crippen LogP) is 1.03. The first-order chi connectivity index (χ1) is 9.45. The number of benzene rings is 1. The highest BCUT2D eigenvalue weighted by Gasteiger charge is 2.20. The molecule has 1 aromatic carbocycles. The van der Waals surface area contributed by atoms with Crippen molar-refractivity contribution >= 4 is 10.0 Å². The molecule has 0 saturated carbocycles. The number of rotatable bonds is 6. The quantitative estimate of drug-likeness (QED) is 0.769. The van der Waals surface area contributed by atoms with E-state index in [-0.39, 0.29) is 4.90 Å². The molecule has 0 aromatic heterocycles. The van der Waals surface area contributed by atoms with E-state index in [9.17, 15) is 8.42 Å². The van der Waals surface area contributed by atoms with Crippen LogP contribution in [0, 0.1) is 0 Å². The summed E-state index contributed by atoms with van der Waals surface area (Å²) in [6.07, 6.45) is 3.83. The summed E-state index contributed by atoms with van der Waals surface area (Å²) in [5.41, 5.74) is 1.09. The fraction of sp³-hybridized carbons (Fsp3) is 0.571. The molecule has 6 heteroatoms. The summed E-state index contributed by atoms with van der Waals surface area (Å²) in [5.74, 6) is 0. The van der Waals surface area contributed by atoms with E-state index in [4.69, 9.17) is 9.88 Å². The van der Waals surface area contributed by atoms with Crippen LogP contribution in [0.25, 0.3) is 0 Å². The molecule has 1 heterocycles. The molecule has 0 aliphatic carbocycles. The zero-order chi connectivity index (χ0) is 14.6. The molecule has 2 rings (SSSR count). The van der Waals surface area contributed by atoms with Crippen molar-refractivity contribution in [2.75, 3.05) is 13.1 Å². The molecule has 20 heavy (non-hydrogen) atoms. The number of hydrogen-bond donors (Lipinski definition) is 2. The van der Waals surface area contributed by atoms with Gasteiger partial charge in [-0.05, 0) is 50.4 Å². The second-order valence-electron chi connectivity index (χ2n) is 5.29. The van der Waals surface area contributed by atoms with Crippen LogP contribution in [0.15, 0.2) is 29.2 Å². The van der Waals surface area contributed by atoms with Gasteiger partial charge in [-0.3, -0.25) is 0 Å². The first-order valence-electron chi connectivity index (χ1n) is 6.93. The van der Waals surface area contributed by atoms with E-state index < -0.39 is 10.0 Å². The summed E-state index contributed by atoms with van der Waals surface area (Å²) in [6, 6.07) is 6.70. The Morgan fingerprint density at radius 2 is 2.00 bits per heavy atom. The number of ether oxygens (including phenoxy) is 1. The highest BCUT2D eigenvalue weighted by Crippen LogP contribution is 2.18. The van der Waals surface area contributed by atoms with Gasteiger partial charge in [-0.25, -0.2) is 13.6 Å². The molecule has 0 spiro atoms. The maximum Gasteiger partial charge on any atom is 0.238 e. The zero-order valence-electron chi connectivity index (χ0n) is 11.7. The Kier molecular flexibility index (Phi) is 5.15. The molecule has 2 atom stereocenters. The van der Waals surface area contributed by atoms with E-state index in [1.54, 1.807) is 24.3 Å². The van der Waals surface area contributed by atoms with Crippen molar-refractivity contribution in [3.8, 4) is 0 Å². The van der Waals surface area contributed by atoms with Gasteiger partial charge in [0.15, 0.2) is 0 Å². The summed E-state index contributed by atoms with van der Waals surface area (Å²) in [6.45, 7) is 3.83. The lowest BCUT2D eigenvalue weighted by Gasteiger charge is -2.12. The third-order valence-corrected chi connectivity index (χ3v) is 4.46. The van der Waals surface area contributed by atoms with Crippen molar-refractivity contribution in [2.45, 2.75) is 43.3 Å². The summed E-state index contributed by atoms with van der Waals surface area (Å²) >= 11 is 0. The van der Waals surface area contributed by atoms with Gasteiger partial charge in [0, 0.05) is 6.54 Å². The summed E-state index contributed by atoms with van der Waals surface area (Å²) in [5, 5.41) is 8.43. The monoisotopic (exact) mass is 298 g/mol. The van der Waals surface area contributed by atoms with Gasteiger partial charge in [-0.2, -0.15) is 0 Å². The van der Waals surface area contributed by atoms with E-state index in [2.05, 4.69) is 12.2 Å². The molecule has 1 aliphatic rings. The van der Waals surface area contributed by atoms with Crippen LogP contribution in [-0.2, 0) is 21.2 Å². The van der Waals surface area contributed by atoms with Crippen molar-refractivity contribution in [1.82, 2.24) is 5.32 Å². The van der Waals surface area contributed by atoms with Crippen molar-refractivity contribution in [2.24, 2.45) is 5.14 Å². The second-order valence-corrected chi connectivity index (χ2v) is 6.85. The maximum atomic E-state index is 11.1. The zero-order valence-corrected chi connectivity index (χ0v) is 12.5. The fourth-order valence-electron chi connectivity index (χ4n) is 2.38. The smallest absolute Gasteiger partial charge is 0.238 e. The van der Waals surface area contributed by atoms with Crippen molar-refractivity contribution in [3.05, 3.63) is 29.8 Å². The minimum atomic E-state index is -3.59. The third-order valence-electron chi connectivity index (χ3n) is 3.53. The first-order valence-corrected chi connectivity index (χ1v) is 8.48. The third kappa shape index (κ3) is 4.56. The molecule has 2 unspecified atom stereocenters. The molecule has 0 amide bonds. The minimum absolute atomic E-state index is 0.155. The Morgan fingerprint density at radius 1 is 1.30 bits per heavy atom. The second kappa shape index (κ2) is 6.67. The van der Waals surface area contributed by atoms with Crippen molar-refractivity contribution in [1.29, 1.82) is 0 Å². The van der Waals surface area contributed by atoms with E-state index in [1.807, 2.05) is 0 Å². The van der Waals surface area contributed by atoms with Crippen LogP contribution in [0.4, 0.5) is 0 Å². The summed E-state index contributed by atoms with van der Waals surface area (Å²) in [7, 11) is -3.59. The minimum Gasteiger partial charge on any atom is -0.374 e. The van der Waals surface area contributed by atoms with Gasteiger partial charge in [0.25, 0.3) is 0 Å². The summed E-state index contributed by atoms with van der Waals surface area (Å²) in [4.78, 5) is 0.155. The molecule has 1 saturated heterocycles. The van der Waals surface area contributed by atoms with Crippen LogP contribution >= 0.6 is 0 Å². The summed E-state index contributed by atoms with van der Waals surface area (Å²) < 4.78 is 28.0. The van der Waals surface area contributed by atoms with Gasteiger partial charge in [0.1, 0.15) is 0 Å². The molecular formula is C14H22N2O3S. The Hall–Kier alpha value is -0.950. The lowest BCUT2D eigenvalue weighted by atomic mass is 10.1. The van der Waals surface area contributed by atoms with Crippen molar-refractivity contribution < 1.29 is 13.2 Å². The molecular weight excluding hydrogens is 276 g/mol. The van der Waals surface area contributed by atoms with Gasteiger partial charge in [0.2, 0.25) is 10.0 Å². The molecule has 1 fully saturated rings. The van der Waals surface area contributed by atoms with Crippen LogP contribution in [0.2, 0.25) is 0 Å². The van der Waals surface area contributed by atoms with Gasteiger partial charge in [-0.15, -0.1) is 0 Å². The Bertz CT molecular complexity index is 528. The highest BCUT2D eigenvalue weighted by atomic mass is 32.2. The molecule has 112 valence electrons. The number of hydrogen-bond acceptors (Lipinski definition) is 4. The van der Waals surface area contributed by atoms with Crippen LogP contribution in [-0.4, -0.2) is 33.7 Å². The van der Waals surface area contributed by atoms with Gasteiger partial charge >= 0.3 is 0 Å². The largest absolute Gasteiger partial charge is 0.374 e. The van der Waals surface area contributed by atoms with Crippen LogP contribution in [0.3, 0.4) is 0 Å². The molecule has 3 N–H and O–H groups in total. The molecule has 0 radical (unpaired) electrons. The van der Waals surface area contributed by atoms with E-state index in [0.717, 1.165) is 37.9 Å². The van der Waals surface area contributed by atoms with E-state index >= 15 is 0 Å². The normalized spacial score (nSPS) is 23.1. The van der Waals surface area contributed by atoms with Crippen LogP contribution < -0.4 is 10.5 Å². The number of primary sulfonamides is 1. The highest BCUT2D eigenvalue weighted by molar-refractivity contribution is 7.89. The molecule has 1 aromatic rings. The molecule has 0 bridgehead atoms. The first kappa shape index (κ1) is 15.4. The Morgan fingerprint density at radius 3 is 2.55 bits per heavy atom. The average molecular weight is 298 g/mol. The van der Waals surface area contributed by atoms with E-state index in [0.29, 0.717) is 12.2 Å². The number of nitrogens with one attached hydrogen (secondary N) is 1. The van der Waals surface area contributed by atoms with Gasteiger partial charge < -0.3 is 10.1 Å². The van der Waals surface area contributed by atoms with E-state index in [1.165, 1.54) is 0 Å². The van der Waals surface area contributed by atoms with Crippen molar-refractivity contribution in [3.63, 3.8) is 0 Å². The number of sulfonamides is 1. The lowest BCUT2D eigenvalue weighted by Crippen LogP contribution is -2.28. The van der Waals surface area contributed by atoms with Gasteiger partial charge in [-0.1, -0.05) is 12.1 Å². The SMILES string of the molecule is CC1CCC(CNCCc2ccc(S(N)(=O)=O)cc2)O1. The molecule has 1 aliphatic heterocycles. The maximum absolute atomic E-state index is 11.1. The standard InChI is InChI=1S/C14H22N2O3S/c1-11-2-5-13(19-11)10-16-9-8-12-3-6-14(7-4-12)20(15,17)18/h3-4,6-7,11,13,16H,2,5,8-10H2,1H3,(H2,15,17,18). The molecule has 5 nitrogen and oxygen atoms in total. The Labute approximate surface area is 120 Å². The lowest BCUT2D eigenvalue weighted by molar-refractivity contribution is 0.0562. The Balaban J connectivity index is 1.72. The topological polar surface area (TPSA) is 81.4 Å².